The van der Waals surface area contributed by atoms with Crippen molar-refractivity contribution in [3.63, 3.8) is 0 Å². The average Bonchev–Trinajstić information content (AvgIpc) is 2.58. The van der Waals surface area contributed by atoms with E-state index in [0.717, 1.165) is 24.2 Å². The van der Waals surface area contributed by atoms with Crippen LogP contribution in [0.5, 0.6) is 0 Å². The summed E-state index contributed by atoms with van der Waals surface area (Å²) in [6, 6.07) is 0. The summed E-state index contributed by atoms with van der Waals surface area (Å²) in [5.41, 5.74) is 0. The van der Waals surface area contributed by atoms with Gasteiger partial charge in [-0.2, -0.15) is 0 Å². The van der Waals surface area contributed by atoms with E-state index in [-0.39, 0.29) is 24.8 Å². The van der Waals surface area contributed by atoms with Crippen molar-refractivity contribution in [2.45, 2.75) is 25.6 Å². The number of rotatable bonds is 3. The second-order valence-corrected chi connectivity index (χ2v) is 3.53. The summed E-state index contributed by atoms with van der Waals surface area (Å²) in [4.78, 5) is 23.4. The van der Waals surface area contributed by atoms with E-state index in [1.165, 1.54) is 12.2 Å². The molecule has 2 aliphatic heterocycles. The van der Waals surface area contributed by atoms with Crippen LogP contribution in [0, 0.1) is 0 Å². The Labute approximate surface area is 87.6 Å². The van der Waals surface area contributed by atoms with Crippen LogP contribution in [0.25, 0.3) is 0 Å². The van der Waals surface area contributed by atoms with Gasteiger partial charge in [-0.05, 0) is 19.3 Å². The second kappa shape index (κ2) is 4.55. The number of nitrogens with zero attached hydrogens (tertiary/aromatic N) is 1. The van der Waals surface area contributed by atoms with Gasteiger partial charge in [0.2, 0.25) is 0 Å². The van der Waals surface area contributed by atoms with Crippen molar-refractivity contribution in [2.24, 2.45) is 0 Å². The van der Waals surface area contributed by atoms with Crippen LogP contribution >= 0.6 is 0 Å². The standard InChI is InChI=1S/C10H13NO4/c12-8-4-5-9(13)11(8)7-15-10-3-1-2-6-14-10/h4-5,10H,1-3,6-7H2. The van der Waals surface area contributed by atoms with Crippen LogP contribution in [0.1, 0.15) is 19.3 Å². The van der Waals surface area contributed by atoms with E-state index in [1.807, 2.05) is 0 Å². The molecule has 0 aromatic heterocycles. The SMILES string of the molecule is O=C1C=CC(=O)N1COC1CCCCO1. The largest absolute Gasteiger partial charge is 0.353 e. The van der Waals surface area contributed by atoms with E-state index in [2.05, 4.69) is 0 Å². The molecule has 2 rings (SSSR count). The third kappa shape index (κ3) is 2.43. The molecular weight excluding hydrogens is 198 g/mol. The highest BCUT2D eigenvalue weighted by Crippen LogP contribution is 2.14. The lowest BCUT2D eigenvalue weighted by Crippen LogP contribution is -2.35. The Balaban J connectivity index is 1.77. The van der Waals surface area contributed by atoms with Gasteiger partial charge in [0.25, 0.3) is 11.8 Å². The third-order valence-corrected chi connectivity index (χ3v) is 2.43. The van der Waals surface area contributed by atoms with E-state index >= 15 is 0 Å². The van der Waals surface area contributed by atoms with Crippen molar-refractivity contribution >= 4 is 11.8 Å². The fraction of sp³-hybridized carbons (Fsp3) is 0.600. The molecule has 0 radical (unpaired) electrons. The number of imide groups is 1. The van der Waals surface area contributed by atoms with Crippen molar-refractivity contribution in [1.29, 1.82) is 0 Å². The number of amides is 2. The molecule has 5 nitrogen and oxygen atoms in total. The van der Waals surface area contributed by atoms with Gasteiger partial charge in [-0.1, -0.05) is 0 Å². The highest BCUT2D eigenvalue weighted by Gasteiger charge is 2.25. The minimum Gasteiger partial charge on any atom is -0.353 e. The molecule has 5 heteroatoms. The van der Waals surface area contributed by atoms with Crippen LogP contribution in [-0.4, -0.2) is 36.3 Å². The van der Waals surface area contributed by atoms with Gasteiger partial charge in [-0.15, -0.1) is 0 Å². The van der Waals surface area contributed by atoms with E-state index in [0.29, 0.717) is 6.61 Å². The van der Waals surface area contributed by atoms with Crippen LogP contribution in [-0.2, 0) is 19.1 Å². The molecular formula is C10H13NO4. The molecule has 0 aliphatic carbocycles. The zero-order valence-corrected chi connectivity index (χ0v) is 8.35. The summed E-state index contributed by atoms with van der Waals surface area (Å²) in [6.45, 7) is 0.667. The zero-order chi connectivity index (χ0) is 10.7. The number of ether oxygens (including phenoxy) is 2. The monoisotopic (exact) mass is 211 g/mol. The molecule has 0 aromatic rings. The molecule has 2 amide bonds. The Morgan fingerprint density at radius 2 is 2.07 bits per heavy atom. The maximum atomic E-state index is 11.2. The smallest absolute Gasteiger partial charge is 0.255 e. The van der Waals surface area contributed by atoms with Crippen LogP contribution in [0.15, 0.2) is 12.2 Å². The number of hydrogen-bond acceptors (Lipinski definition) is 4. The van der Waals surface area contributed by atoms with Crippen LogP contribution in [0.2, 0.25) is 0 Å². The Hall–Kier alpha value is -1.20. The lowest BCUT2D eigenvalue weighted by molar-refractivity contribution is -0.186. The fourth-order valence-corrected chi connectivity index (χ4v) is 1.56. The fourth-order valence-electron chi connectivity index (χ4n) is 1.56. The van der Waals surface area contributed by atoms with Gasteiger partial charge < -0.3 is 9.47 Å². The van der Waals surface area contributed by atoms with Crippen LogP contribution < -0.4 is 0 Å². The summed E-state index contributed by atoms with van der Waals surface area (Å²) >= 11 is 0. The molecule has 0 N–H and O–H groups in total. The van der Waals surface area contributed by atoms with Gasteiger partial charge in [0, 0.05) is 18.8 Å². The van der Waals surface area contributed by atoms with Crippen molar-refractivity contribution in [3.8, 4) is 0 Å². The summed E-state index contributed by atoms with van der Waals surface area (Å²) < 4.78 is 10.6. The summed E-state index contributed by atoms with van der Waals surface area (Å²) in [7, 11) is 0. The molecule has 15 heavy (non-hydrogen) atoms. The van der Waals surface area contributed by atoms with Crippen molar-refractivity contribution in [2.75, 3.05) is 13.3 Å². The minimum atomic E-state index is -0.323. The number of carbonyl (C=O) groups is 2. The minimum absolute atomic E-state index is 0.0185. The van der Waals surface area contributed by atoms with Crippen LogP contribution in [0.4, 0.5) is 0 Å². The van der Waals surface area contributed by atoms with Crippen molar-refractivity contribution in [3.05, 3.63) is 12.2 Å². The topological polar surface area (TPSA) is 55.8 Å². The normalized spacial score (nSPS) is 26.4. The van der Waals surface area contributed by atoms with Gasteiger partial charge in [-0.3, -0.25) is 14.5 Å². The van der Waals surface area contributed by atoms with Crippen molar-refractivity contribution < 1.29 is 19.1 Å². The van der Waals surface area contributed by atoms with Gasteiger partial charge >= 0.3 is 0 Å². The molecule has 2 heterocycles. The first-order valence-corrected chi connectivity index (χ1v) is 5.04. The maximum absolute atomic E-state index is 11.2. The molecule has 1 fully saturated rings. The maximum Gasteiger partial charge on any atom is 0.255 e. The molecule has 0 saturated carbocycles. The van der Waals surface area contributed by atoms with E-state index in [1.54, 1.807) is 0 Å². The second-order valence-electron chi connectivity index (χ2n) is 3.53. The predicted octanol–water partition coefficient (Wildman–Crippen LogP) is 0.412. The Morgan fingerprint density at radius 3 is 2.67 bits per heavy atom. The third-order valence-electron chi connectivity index (χ3n) is 2.43. The molecule has 2 aliphatic rings. The lowest BCUT2D eigenvalue weighted by atomic mass is 10.2. The first kappa shape index (κ1) is 10.3. The summed E-state index contributed by atoms with van der Waals surface area (Å²) in [5, 5.41) is 0. The quantitative estimate of drug-likeness (QED) is 0.634. The highest BCUT2D eigenvalue weighted by molar-refractivity contribution is 6.12. The van der Waals surface area contributed by atoms with Gasteiger partial charge in [0.1, 0.15) is 6.73 Å². The average molecular weight is 211 g/mol. The first-order chi connectivity index (χ1) is 7.27. The molecule has 82 valence electrons. The lowest BCUT2D eigenvalue weighted by Gasteiger charge is -2.24. The molecule has 0 aromatic carbocycles. The molecule has 1 unspecified atom stereocenters. The Morgan fingerprint density at radius 1 is 1.33 bits per heavy atom. The van der Waals surface area contributed by atoms with E-state index in [9.17, 15) is 9.59 Å². The van der Waals surface area contributed by atoms with Gasteiger partial charge in [0.15, 0.2) is 6.29 Å². The van der Waals surface area contributed by atoms with Crippen molar-refractivity contribution in [1.82, 2.24) is 4.90 Å². The first-order valence-electron chi connectivity index (χ1n) is 5.04. The summed E-state index contributed by atoms with van der Waals surface area (Å²) in [6.07, 6.45) is 5.14. The Kier molecular flexibility index (Phi) is 3.13. The van der Waals surface area contributed by atoms with Gasteiger partial charge in [0.05, 0.1) is 0 Å². The zero-order valence-electron chi connectivity index (χ0n) is 8.35. The molecule has 0 spiro atoms. The molecule has 1 saturated heterocycles. The molecule has 1 atom stereocenters. The predicted molar refractivity (Wildman–Crippen MR) is 50.5 cm³/mol. The molecule has 0 bridgehead atoms. The number of carbonyl (C=O) groups excluding carboxylic acids is 2. The summed E-state index contributed by atoms with van der Waals surface area (Å²) in [5.74, 6) is -0.647. The Bertz CT molecular complexity index is 276. The highest BCUT2D eigenvalue weighted by atomic mass is 16.7. The number of hydrogen-bond donors (Lipinski definition) is 0. The van der Waals surface area contributed by atoms with E-state index in [4.69, 9.17) is 9.47 Å². The van der Waals surface area contributed by atoms with Crippen LogP contribution in [0.3, 0.4) is 0 Å². The van der Waals surface area contributed by atoms with Gasteiger partial charge in [-0.25, -0.2) is 0 Å². The van der Waals surface area contributed by atoms with E-state index < -0.39 is 0 Å².